The number of alkyl halides is 2. The standard InChI is InChI=1S/C20H18F2N6O4S/c1-23-19(29)28-33(2,30)10-12-5-3-6-13(9-12)26-18-25-11-24-17(27-18)14-7-4-8-15-16(14)32-20(21,22)31-15/h3-9,11H,10H2,1-2H3,(H,23,29)(H,24,25,26,27). The number of anilines is 2. The second kappa shape index (κ2) is 8.58. The quantitative estimate of drug-likeness (QED) is 0.572. The van der Waals surface area contributed by atoms with Crippen LogP contribution in [0, 0.1) is 0 Å². The molecule has 0 saturated heterocycles. The maximum absolute atomic E-state index is 13.5. The number of nitrogens with zero attached hydrogens (tertiary/aromatic N) is 4. The molecule has 4 rings (SSSR count). The summed E-state index contributed by atoms with van der Waals surface area (Å²) in [5.74, 6) is 0.0141. The smallest absolute Gasteiger partial charge is 0.395 e. The normalized spacial score (nSPS) is 15.4. The number of aromatic nitrogens is 3. The summed E-state index contributed by atoms with van der Waals surface area (Å²) < 4.78 is 52.3. The first-order valence-corrected chi connectivity index (χ1v) is 11.6. The largest absolute Gasteiger partial charge is 0.586 e. The molecule has 13 heteroatoms. The van der Waals surface area contributed by atoms with Gasteiger partial charge in [-0.25, -0.2) is 19.0 Å². The van der Waals surface area contributed by atoms with Gasteiger partial charge in [-0.2, -0.15) is 4.98 Å². The minimum absolute atomic E-state index is 0.0556. The molecule has 2 N–H and O–H groups in total. The molecule has 10 nitrogen and oxygen atoms in total. The highest BCUT2D eigenvalue weighted by atomic mass is 32.2. The van der Waals surface area contributed by atoms with E-state index in [0.717, 1.165) is 0 Å². The average Bonchev–Trinajstić information content (AvgIpc) is 3.07. The Labute approximate surface area is 187 Å². The highest BCUT2D eigenvalue weighted by Gasteiger charge is 2.44. The van der Waals surface area contributed by atoms with Crippen molar-refractivity contribution in [3.05, 3.63) is 54.4 Å². The predicted molar refractivity (Wildman–Crippen MR) is 116 cm³/mol. The predicted octanol–water partition coefficient (Wildman–Crippen LogP) is 3.54. The van der Waals surface area contributed by atoms with Crippen LogP contribution in [0.2, 0.25) is 0 Å². The molecule has 2 amide bonds. The van der Waals surface area contributed by atoms with Crippen molar-refractivity contribution in [2.45, 2.75) is 12.0 Å². The topological polar surface area (TPSA) is 128 Å². The van der Waals surface area contributed by atoms with Gasteiger partial charge in [0, 0.05) is 19.0 Å². The fourth-order valence-electron chi connectivity index (χ4n) is 3.06. The van der Waals surface area contributed by atoms with Gasteiger partial charge in [0.1, 0.15) is 6.33 Å². The number of ether oxygens (including phenoxy) is 2. The van der Waals surface area contributed by atoms with Crippen LogP contribution in [0.3, 0.4) is 0 Å². The minimum Gasteiger partial charge on any atom is -0.395 e. The number of nitrogens with one attached hydrogen (secondary N) is 2. The van der Waals surface area contributed by atoms with E-state index < -0.39 is 22.1 Å². The molecule has 0 fully saturated rings. The zero-order chi connectivity index (χ0) is 23.6. The zero-order valence-electron chi connectivity index (χ0n) is 17.4. The summed E-state index contributed by atoms with van der Waals surface area (Å²) in [6.07, 6.45) is -1.15. The van der Waals surface area contributed by atoms with Gasteiger partial charge in [0.15, 0.2) is 17.3 Å². The van der Waals surface area contributed by atoms with E-state index in [0.29, 0.717) is 11.3 Å². The molecule has 0 aliphatic carbocycles. The molecular weight excluding hydrogens is 458 g/mol. The average molecular weight is 476 g/mol. The highest BCUT2D eigenvalue weighted by Crippen LogP contribution is 2.46. The van der Waals surface area contributed by atoms with Gasteiger partial charge in [0.25, 0.3) is 0 Å². The molecule has 1 unspecified atom stereocenters. The summed E-state index contributed by atoms with van der Waals surface area (Å²) in [5.41, 5.74) is 1.46. The summed E-state index contributed by atoms with van der Waals surface area (Å²) in [6.45, 7) is 0. The molecular formula is C20H18F2N6O4S. The molecule has 0 spiro atoms. The van der Waals surface area contributed by atoms with Crippen LogP contribution < -0.4 is 20.1 Å². The van der Waals surface area contributed by atoms with Crippen LogP contribution >= 0.6 is 0 Å². The van der Waals surface area contributed by atoms with Crippen molar-refractivity contribution in [1.82, 2.24) is 20.3 Å². The zero-order valence-corrected chi connectivity index (χ0v) is 18.2. The van der Waals surface area contributed by atoms with E-state index in [4.69, 9.17) is 0 Å². The van der Waals surface area contributed by atoms with Crippen molar-refractivity contribution in [3.63, 3.8) is 0 Å². The molecule has 0 saturated carbocycles. The van der Waals surface area contributed by atoms with Gasteiger partial charge in [0.05, 0.1) is 21.0 Å². The molecule has 0 bridgehead atoms. The first kappa shape index (κ1) is 22.3. The third-order valence-corrected chi connectivity index (χ3v) is 5.77. The van der Waals surface area contributed by atoms with Crippen molar-refractivity contribution in [1.29, 1.82) is 0 Å². The fraction of sp³-hybridized carbons (Fsp3) is 0.200. The molecule has 1 aromatic heterocycles. The fourth-order valence-corrected chi connectivity index (χ4v) is 4.37. The van der Waals surface area contributed by atoms with E-state index in [9.17, 15) is 17.8 Å². The molecule has 33 heavy (non-hydrogen) atoms. The maximum atomic E-state index is 13.5. The van der Waals surface area contributed by atoms with E-state index in [1.807, 2.05) is 0 Å². The van der Waals surface area contributed by atoms with Gasteiger partial charge in [-0.3, -0.25) is 0 Å². The first-order valence-electron chi connectivity index (χ1n) is 9.50. The molecule has 2 aromatic carbocycles. The molecule has 172 valence electrons. The van der Waals surface area contributed by atoms with Gasteiger partial charge in [-0.15, -0.1) is 13.1 Å². The van der Waals surface area contributed by atoms with Gasteiger partial charge in [-0.05, 0) is 29.8 Å². The summed E-state index contributed by atoms with van der Waals surface area (Å²) in [4.78, 5) is 23.8. The number of benzene rings is 2. The number of carbonyl (C=O) groups is 1. The number of para-hydroxylation sites is 1. The Morgan fingerprint density at radius 3 is 2.76 bits per heavy atom. The van der Waals surface area contributed by atoms with Gasteiger partial charge in [0.2, 0.25) is 5.95 Å². The second-order valence-corrected chi connectivity index (χ2v) is 9.40. The van der Waals surface area contributed by atoms with Crippen LogP contribution in [0.1, 0.15) is 5.56 Å². The molecule has 0 radical (unpaired) electrons. The third-order valence-electron chi connectivity index (χ3n) is 4.35. The Balaban J connectivity index is 1.57. The van der Waals surface area contributed by atoms with Crippen LogP contribution in [0.5, 0.6) is 11.5 Å². The lowest BCUT2D eigenvalue weighted by Crippen LogP contribution is -2.26. The van der Waals surface area contributed by atoms with Gasteiger partial charge < -0.3 is 20.1 Å². The van der Waals surface area contributed by atoms with Crippen LogP contribution in [-0.2, 0) is 15.5 Å². The number of halogens is 2. The van der Waals surface area contributed by atoms with E-state index >= 15 is 0 Å². The van der Waals surface area contributed by atoms with Crippen molar-refractivity contribution in [2.24, 2.45) is 4.36 Å². The monoisotopic (exact) mass is 476 g/mol. The van der Waals surface area contributed by atoms with Crippen LogP contribution in [0.4, 0.5) is 25.2 Å². The number of hydrogen-bond acceptors (Lipinski definition) is 8. The van der Waals surface area contributed by atoms with Gasteiger partial charge in [-0.1, -0.05) is 18.2 Å². The summed E-state index contributed by atoms with van der Waals surface area (Å²) in [6, 6.07) is 10.7. The maximum Gasteiger partial charge on any atom is 0.586 e. The lowest BCUT2D eigenvalue weighted by atomic mass is 10.2. The lowest BCUT2D eigenvalue weighted by Gasteiger charge is -2.10. The number of amides is 2. The van der Waals surface area contributed by atoms with Crippen LogP contribution in [-0.4, -0.2) is 44.8 Å². The number of urea groups is 1. The Hall–Kier alpha value is -3.87. The molecule has 1 aliphatic rings. The molecule has 3 aromatic rings. The SMILES string of the molecule is CNC(=O)N=S(C)(=O)Cc1cccc(Nc2ncnc(-c3cccc4c3OC(F)(F)O4)n2)c1. The minimum atomic E-state index is -3.77. The number of hydrogen-bond donors (Lipinski definition) is 2. The van der Waals surface area contributed by atoms with Crippen molar-refractivity contribution in [2.75, 3.05) is 18.6 Å². The molecule has 2 heterocycles. The second-order valence-electron chi connectivity index (χ2n) is 7.01. The van der Waals surface area contributed by atoms with E-state index in [-0.39, 0.29) is 34.6 Å². The Morgan fingerprint density at radius 1 is 1.18 bits per heavy atom. The van der Waals surface area contributed by atoms with Crippen molar-refractivity contribution < 1.29 is 27.3 Å². The van der Waals surface area contributed by atoms with E-state index in [1.54, 1.807) is 24.3 Å². The highest BCUT2D eigenvalue weighted by molar-refractivity contribution is 7.92. The van der Waals surface area contributed by atoms with Gasteiger partial charge >= 0.3 is 12.3 Å². The van der Waals surface area contributed by atoms with E-state index in [2.05, 4.69) is 39.4 Å². The van der Waals surface area contributed by atoms with Crippen molar-refractivity contribution in [3.8, 4) is 22.9 Å². The van der Waals surface area contributed by atoms with Crippen LogP contribution in [0.25, 0.3) is 11.4 Å². The first-order chi connectivity index (χ1) is 15.6. The Kier molecular flexibility index (Phi) is 5.80. The Morgan fingerprint density at radius 2 is 1.97 bits per heavy atom. The summed E-state index contributed by atoms with van der Waals surface area (Å²) in [7, 11) is -1.38. The summed E-state index contributed by atoms with van der Waals surface area (Å²) >= 11 is 0. The molecule has 1 aliphatic heterocycles. The summed E-state index contributed by atoms with van der Waals surface area (Å²) in [5, 5.41) is 5.30. The molecule has 1 atom stereocenters. The number of fused-ring (bicyclic) bond motifs is 1. The number of rotatable bonds is 5. The number of carbonyl (C=O) groups excluding carboxylic acids is 1. The third kappa shape index (κ3) is 5.31. The lowest BCUT2D eigenvalue weighted by molar-refractivity contribution is -0.286. The van der Waals surface area contributed by atoms with Crippen LogP contribution in [0.15, 0.2) is 53.2 Å². The van der Waals surface area contributed by atoms with Crippen molar-refractivity contribution >= 4 is 27.4 Å². The van der Waals surface area contributed by atoms with E-state index in [1.165, 1.54) is 37.8 Å². The Bertz CT molecular complexity index is 1340.